The molecule has 10 nitrogen and oxygen atoms in total. The molecular formula is C33H46N4O6. The van der Waals surface area contributed by atoms with Crippen LogP contribution in [0.15, 0.2) is 55.1 Å². The van der Waals surface area contributed by atoms with Gasteiger partial charge in [0, 0.05) is 11.7 Å². The Balaban J connectivity index is 2.66. The Bertz CT molecular complexity index is 1270. The highest BCUT2D eigenvalue weighted by Gasteiger charge is 2.39. The number of alkyl carbamates (subject to hydrolysis) is 1. The van der Waals surface area contributed by atoms with Gasteiger partial charge in [-0.3, -0.25) is 14.4 Å². The van der Waals surface area contributed by atoms with E-state index in [2.05, 4.69) is 31.1 Å². The molecule has 2 aromatic carbocycles. The Kier molecular flexibility index (Phi) is 12.8. The Hall–Kier alpha value is -4.34. The molecule has 0 saturated carbocycles. The largest absolute Gasteiger partial charge is 0.497 e. The zero-order valence-corrected chi connectivity index (χ0v) is 26.3. The van der Waals surface area contributed by atoms with Crippen molar-refractivity contribution in [3.8, 4) is 5.75 Å². The molecule has 0 saturated heterocycles. The quantitative estimate of drug-likeness (QED) is 0.266. The lowest BCUT2D eigenvalue weighted by Crippen LogP contribution is -2.55. The first-order chi connectivity index (χ1) is 20.1. The summed E-state index contributed by atoms with van der Waals surface area (Å²) in [6.07, 6.45) is 1.62. The zero-order valence-electron chi connectivity index (χ0n) is 26.3. The number of carbonyl (C=O) groups is 4. The van der Waals surface area contributed by atoms with E-state index in [1.807, 2.05) is 13.0 Å². The highest BCUT2D eigenvalue weighted by molar-refractivity contribution is 6.00. The summed E-state index contributed by atoms with van der Waals surface area (Å²) in [5.74, 6) is -0.964. The van der Waals surface area contributed by atoms with Crippen molar-refractivity contribution in [3.63, 3.8) is 0 Å². The summed E-state index contributed by atoms with van der Waals surface area (Å²) in [5.41, 5.74) is 6.45. The number of amides is 4. The minimum absolute atomic E-state index is 0.330. The number of hydrogen-bond acceptors (Lipinski definition) is 6. The van der Waals surface area contributed by atoms with E-state index in [0.717, 1.165) is 12.0 Å². The number of rotatable bonds is 14. The molecular weight excluding hydrogens is 548 g/mol. The van der Waals surface area contributed by atoms with Crippen molar-refractivity contribution in [1.29, 1.82) is 0 Å². The maximum atomic E-state index is 14.4. The summed E-state index contributed by atoms with van der Waals surface area (Å²) in [6.45, 7) is 14.9. The van der Waals surface area contributed by atoms with Gasteiger partial charge in [0.25, 0.3) is 5.91 Å². The Morgan fingerprint density at radius 1 is 1.02 bits per heavy atom. The van der Waals surface area contributed by atoms with Crippen LogP contribution in [-0.4, -0.2) is 53.5 Å². The number of nitrogens with two attached hydrogens (primary N) is 1. The average molecular weight is 595 g/mol. The molecule has 4 N–H and O–H groups in total. The SMILES string of the molecule is C=Cc1cccc(C(C(=O)Nc2ccc(OC)cc2)N(C(=O)C(CC(N)=O)NC(=O)OC(C)(C)C)C(C)CCC(C)C)c1. The van der Waals surface area contributed by atoms with E-state index in [1.54, 1.807) is 76.4 Å². The van der Waals surface area contributed by atoms with E-state index < -0.39 is 54.0 Å². The van der Waals surface area contributed by atoms with Gasteiger partial charge in [-0.05, 0) is 87.9 Å². The van der Waals surface area contributed by atoms with Gasteiger partial charge in [-0.2, -0.15) is 0 Å². The van der Waals surface area contributed by atoms with Crippen molar-refractivity contribution in [1.82, 2.24) is 10.2 Å². The fraction of sp³-hybridized carbons (Fsp3) is 0.455. The van der Waals surface area contributed by atoms with Crippen LogP contribution in [0.1, 0.15) is 78.0 Å². The van der Waals surface area contributed by atoms with E-state index in [-0.39, 0.29) is 0 Å². The highest BCUT2D eigenvalue weighted by Crippen LogP contribution is 2.30. The minimum atomic E-state index is -1.37. The number of anilines is 1. The van der Waals surface area contributed by atoms with Crippen LogP contribution in [0.4, 0.5) is 10.5 Å². The highest BCUT2D eigenvalue weighted by atomic mass is 16.6. The molecule has 0 bridgehead atoms. The van der Waals surface area contributed by atoms with Gasteiger partial charge in [0.1, 0.15) is 23.4 Å². The second-order valence-corrected chi connectivity index (χ2v) is 11.9. The number of benzene rings is 2. The molecule has 0 fully saturated rings. The maximum absolute atomic E-state index is 14.4. The number of nitrogens with zero attached hydrogens (tertiary/aromatic N) is 1. The van der Waals surface area contributed by atoms with Crippen molar-refractivity contribution >= 4 is 35.6 Å². The normalized spacial score (nSPS) is 13.3. The first-order valence-electron chi connectivity index (χ1n) is 14.4. The molecule has 10 heteroatoms. The summed E-state index contributed by atoms with van der Waals surface area (Å²) < 4.78 is 10.6. The van der Waals surface area contributed by atoms with Crippen LogP contribution in [0.5, 0.6) is 5.75 Å². The second-order valence-electron chi connectivity index (χ2n) is 11.9. The van der Waals surface area contributed by atoms with Crippen LogP contribution >= 0.6 is 0 Å². The third-order valence-electron chi connectivity index (χ3n) is 6.63. The summed E-state index contributed by atoms with van der Waals surface area (Å²) in [6, 6.07) is 11.0. The van der Waals surface area contributed by atoms with Gasteiger partial charge in [-0.25, -0.2) is 4.79 Å². The molecule has 0 heterocycles. The van der Waals surface area contributed by atoms with E-state index in [9.17, 15) is 19.2 Å². The van der Waals surface area contributed by atoms with Gasteiger partial charge < -0.3 is 30.7 Å². The van der Waals surface area contributed by atoms with Crippen LogP contribution < -0.4 is 21.1 Å². The first kappa shape index (κ1) is 34.9. The predicted molar refractivity (Wildman–Crippen MR) is 168 cm³/mol. The van der Waals surface area contributed by atoms with Crippen LogP contribution in [0.3, 0.4) is 0 Å². The summed E-state index contributed by atoms with van der Waals surface area (Å²) in [7, 11) is 1.55. The molecule has 0 spiro atoms. The molecule has 3 atom stereocenters. The monoisotopic (exact) mass is 594 g/mol. The van der Waals surface area contributed by atoms with Gasteiger partial charge in [-0.1, -0.05) is 44.7 Å². The molecule has 0 aliphatic carbocycles. The number of methoxy groups -OCH3 is 1. The number of nitrogens with one attached hydrogen (secondary N) is 2. The topological polar surface area (TPSA) is 140 Å². The molecule has 234 valence electrons. The van der Waals surface area contributed by atoms with E-state index in [4.69, 9.17) is 15.2 Å². The lowest BCUT2D eigenvalue weighted by atomic mass is 9.95. The van der Waals surface area contributed by atoms with Gasteiger partial charge >= 0.3 is 6.09 Å². The first-order valence-corrected chi connectivity index (χ1v) is 14.4. The van der Waals surface area contributed by atoms with Crippen molar-refractivity contribution < 1.29 is 28.7 Å². The zero-order chi connectivity index (χ0) is 32.3. The lowest BCUT2D eigenvalue weighted by Gasteiger charge is -2.38. The van der Waals surface area contributed by atoms with Crippen molar-refractivity contribution in [2.45, 2.75) is 84.5 Å². The number of ether oxygens (including phenoxy) is 2. The summed E-state index contributed by atoms with van der Waals surface area (Å²) >= 11 is 0. The van der Waals surface area contributed by atoms with Gasteiger partial charge in [-0.15, -0.1) is 0 Å². The number of primary amides is 1. The summed E-state index contributed by atoms with van der Waals surface area (Å²) in [5, 5.41) is 5.44. The van der Waals surface area contributed by atoms with Crippen LogP contribution in [0.25, 0.3) is 6.08 Å². The Morgan fingerprint density at radius 3 is 2.21 bits per heavy atom. The fourth-order valence-electron chi connectivity index (χ4n) is 4.52. The average Bonchev–Trinajstić information content (AvgIpc) is 2.92. The second kappa shape index (κ2) is 15.8. The molecule has 2 aromatic rings. The Labute approximate surface area is 255 Å². The smallest absolute Gasteiger partial charge is 0.408 e. The van der Waals surface area contributed by atoms with Crippen molar-refractivity contribution in [3.05, 3.63) is 66.2 Å². The molecule has 0 aromatic heterocycles. The number of hydrogen-bond donors (Lipinski definition) is 3. The molecule has 0 radical (unpaired) electrons. The van der Waals surface area contributed by atoms with Crippen LogP contribution in [0.2, 0.25) is 0 Å². The molecule has 2 rings (SSSR count). The molecule has 0 aliphatic rings. The molecule has 43 heavy (non-hydrogen) atoms. The van der Waals surface area contributed by atoms with E-state index in [0.29, 0.717) is 29.3 Å². The fourth-order valence-corrected chi connectivity index (χ4v) is 4.52. The minimum Gasteiger partial charge on any atom is -0.497 e. The third-order valence-corrected chi connectivity index (χ3v) is 6.63. The van der Waals surface area contributed by atoms with Gasteiger partial charge in [0.05, 0.1) is 13.5 Å². The van der Waals surface area contributed by atoms with Gasteiger partial charge in [0.2, 0.25) is 11.8 Å². The molecule has 3 unspecified atom stereocenters. The predicted octanol–water partition coefficient (Wildman–Crippen LogP) is 5.44. The summed E-state index contributed by atoms with van der Waals surface area (Å²) in [4.78, 5) is 54.8. The molecule has 0 aliphatic heterocycles. The number of carbonyl (C=O) groups excluding carboxylic acids is 4. The van der Waals surface area contributed by atoms with Crippen LogP contribution in [-0.2, 0) is 19.1 Å². The van der Waals surface area contributed by atoms with Crippen molar-refractivity contribution in [2.24, 2.45) is 11.7 Å². The third kappa shape index (κ3) is 11.1. The van der Waals surface area contributed by atoms with Gasteiger partial charge in [0.15, 0.2) is 0 Å². The van der Waals surface area contributed by atoms with E-state index in [1.165, 1.54) is 4.90 Å². The van der Waals surface area contributed by atoms with Crippen LogP contribution in [0, 0.1) is 5.92 Å². The van der Waals surface area contributed by atoms with Crippen molar-refractivity contribution in [2.75, 3.05) is 12.4 Å². The lowest BCUT2D eigenvalue weighted by molar-refractivity contribution is -0.144. The standard InChI is InChI=1S/C33H46N4O6/c1-9-23-11-10-12-24(19-23)29(30(39)35-25-15-17-26(42-8)18-16-25)37(22(4)14-13-21(2)3)31(40)27(20-28(34)38)36-32(41)43-33(5,6)7/h9-12,15-19,21-22,27,29H,1,13-14,20H2,2-8H3,(H2,34,38)(H,35,39)(H,36,41). The van der Waals surface area contributed by atoms with E-state index >= 15 is 0 Å². The Morgan fingerprint density at radius 2 is 1.67 bits per heavy atom. The maximum Gasteiger partial charge on any atom is 0.408 e. The molecule has 4 amide bonds.